The molecule has 0 rings (SSSR count). The lowest BCUT2D eigenvalue weighted by molar-refractivity contribution is 0.203. The molecule has 0 aromatic carbocycles. The van der Waals surface area contributed by atoms with E-state index in [9.17, 15) is 0 Å². The standard InChI is InChI=1S/C10H23NO2Si/c1-5-9-10(11-6-2)14(12-7-3)13-8-4/h6,10,14H,5,7-9H2,1-4H3. The molecule has 0 fully saturated rings. The van der Waals surface area contributed by atoms with Gasteiger partial charge in [0.05, 0.1) is 5.67 Å². The van der Waals surface area contributed by atoms with Gasteiger partial charge in [0.1, 0.15) is 0 Å². The molecule has 0 aromatic heterocycles. The summed E-state index contributed by atoms with van der Waals surface area (Å²) >= 11 is 0. The van der Waals surface area contributed by atoms with Gasteiger partial charge < -0.3 is 8.85 Å². The molecule has 4 heteroatoms. The van der Waals surface area contributed by atoms with Gasteiger partial charge in [0.15, 0.2) is 0 Å². The molecule has 0 aliphatic carbocycles. The second-order valence-corrected chi connectivity index (χ2v) is 5.22. The quantitative estimate of drug-likeness (QED) is 0.460. The van der Waals surface area contributed by atoms with Gasteiger partial charge in [-0.1, -0.05) is 13.3 Å². The highest BCUT2D eigenvalue weighted by Crippen LogP contribution is 2.08. The van der Waals surface area contributed by atoms with Gasteiger partial charge >= 0.3 is 9.28 Å². The van der Waals surface area contributed by atoms with E-state index in [1.165, 1.54) is 0 Å². The Morgan fingerprint density at radius 1 is 1.21 bits per heavy atom. The van der Waals surface area contributed by atoms with Crippen molar-refractivity contribution in [3.63, 3.8) is 0 Å². The summed E-state index contributed by atoms with van der Waals surface area (Å²) in [5, 5.41) is 0. The van der Waals surface area contributed by atoms with Gasteiger partial charge in [-0.15, -0.1) is 0 Å². The summed E-state index contributed by atoms with van der Waals surface area (Å²) in [6.45, 7) is 9.61. The van der Waals surface area contributed by atoms with Crippen LogP contribution in [0.3, 0.4) is 0 Å². The van der Waals surface area contributed by atoms with Gasteiger partial charge in [-0.2, -0.15) is 0 Å². The smallest absolute Gasteiger partial charge is 0.346 e. The highest BCUT2D eigenvalue weighted by Gasteiger charge is 2.23. The summed E-state index contributed by atoms with van der Waals surface area (Å²) in [6.07, 6.45) is 4.06. The van der Waals surface area contributed by atoms with Crippen LogP contribution < -0.4 is 0 Å². The summed E-state index contributed by atoms with van der Waals surface area (Å²) in [7, 11) is -1.58. The fourth-order valence-electron chi connectivity index (χ4n) is 1.37. The lowest BCUT2D eigenvalue weighted by Crippen LogP contribution is -2.36. The van der Waals surface area contributed by atoms with E-state index < -0.39 is 9.28 Å². The van der Waals surface area contributed by atoms with Gasteiger partial charge in [-0.3, -0.25) is 4.99 Å². The molecule has 0 aliphatic heterocycles. The summed E-state index contributed by atoms with van der Waals surface area (Å²) in [6, 6.07) is 0. The predicted octanol–water partition coefficient (Wildman–Crippen LogP) is 2.08. The van der Waals surface area contributed by atoms with Crippen LogP contribution in [0, 0.1) is 0 Å². The Morgan fingerprint density at radius 2 is 1.79 bits per heavy atom. The van der Waals surface area contributed by atoms with E-state index in [4.69, 9.17) is 8.85 Å². The molecule has 0 radical (unpaired) electrons. The van der Waals surface area contributed by atoms with Crippen LogP contribution in [0.2, 0.25) is 0 Å². The molecule has 0 saturated carbocycles. The second kappa shape index (κ2) is 9.37. The van der Waals surface area contributed by atoms with Gasteiger partial charge in [-0.25, -0.2) is 0 Å². The molecule has 0 N–H and O–H groups in total. The van der Waals surface area contributed by atoms with Crippen LogP contribution in [0.5, 0.6) is 0 Å². The summed E-state index contributed by atoms with van der Waals surface area (Å²) < 4.78 is 11.3. The summed E-state index contributed by atoms with van der Waals surface area (Å²) in [5.41, 5.74) is 0.282. The zero-order valence-electron chi connectivity index (χ0n) is 9.82. The van der Waals surface area contributed by atoms with E-state index in [0.29, 0.717) is 0 Å². The lowest BCUT2D eigenvalue weighted by Gasteiger charge is -2.21. The largest absolute Gasteiger partial charge is 0.396 e. The molecule has 0 saturated heterocycles. The molecule has 0 spiro atoms. The maximum Gasteiger partial charge on any atom is 0.346 e. The molecule has 3 nitrogen and oxygen atoms in total. The van der Waals surface area contributed by atoms with Gasteiger partial charge in [0, 0.05) is 13.2 Å². The van der Waals surface area contributed by atoms with E-state index in [2.05, 4.69) is 11.9 Å². The normalized spacial score (nSPS) is 14.1. The van der Waals surface area contributed by atoms with Crippen molar-refractivity contribution in [1.82, 2.24) is 0 Å². The number of rotatable bonds is 8. The van der Waals surface area contributed by atoms with Crippen molar-refractivity contribution in [1.29, 1.82) is 0 Å². The monoisotopic (exact) mass is 217 g/mol. The Morgan fingerprint density at radius 3 is 2.14 bits per heavy atom. The van der Waals surface area contributed by atoms with Gasteiger partial charge in [0.25, 0.3) is 0 Å². The van der Waals surface area contributed by atoms with Crippen molar-refractivity contribution in [3.8, 4) is 0 Å². The van der Waals surface area contributed by atoms with E-state index in [0.717, 1.165) is 26.1 Å². The molecular weight excluding hydrogens is 194 g/mol. The van der Waals surface area contributed by atoms with E-state index in [-0.39, 0.29) is 5.67 Å². The van der Waals surface area contributed by atoms with Crippen molar-refractivity contribution in [2.45, 2.75) is 46.2 Å². The fraction of sp³-hybridized carbons (Fsp3) is 0.900. The lowest BCUT2D eigenvalue weighted by atomic mass is 10.3. The third-order valence-electron chi connectivity index (χ3n) is 1.90. The number of hydrogen-bond acceptors (Lipinski definition) is 3. The second-order valence-electron chi connectivity index (χ2n) is 3.04. The number of hydrogen-bond donors (Lipinski definition) is 0. The van der Waals surface area contributed by atoms with Crippen LogP contribution in [0.4, 0.5) is 0 Å². The minimum atomic E-state index is -1.58. The van der Waals surface area contributed by atoms with E-state index in [1.807, 2.05) is 27.0 Å². The zero-order chi connectivity index (χ0) is 10.8. The molecule has 1 atom stereocenters. The minimum absolute atomic E-state index is 0.282. The first-order valence-corrected chi connectivity index (χ1v) is 7.11. The Hall–Kier alpha value is -0.193. The van der Waals surface area contributed by atoms with Crippen molar-refractivity contribution < 1.29 is 8.85 Å². The van der Waals surface area contributed by atoms with Crippen LogP contribution in [0.1, 0.15) is 40.5 Å². The van der Waals surface area contributed by atoms with E-state index in [1.54, 1.807) is 0 Å². The van der Waals surface area contributed by atoms with E-state index >= 15 is 0 Å². The molecule has 0 amide bonds. The zero-order valence-corrected chi connectivity index (χ0v) is 11.0. The highest BCUT2D eigenvalue weighted by atomic mass is 28.3. The predicted molar refractivity (Wildman–Crippen MR) is 63.3 cm³/mol. The van der Waals surface area contributed by atoms with Crippen LogP contribution in [0.25, 0.3) is 0 Å². The van der Waals surface area contributed by atoms with Crippen LogP contribution >= 0.6 is 0 Å². The number of aliphatic imine (C=N–C) groups is 1. The first-order valence-electron chi connectivity index (χ1n) is 5.51. The van der Waals surface area contributed by atoms with Crippen molar-refractivity contribution >= 4 is 15.5 Å². The summed E-state index contributed by atoms with van der Waals surface area (Å²) in [4.78, 5) is 4.44. The first-order chi connectivity index (χ1) is 6.79. The third kappa shape index (κ3) is 5.52. The SMILES string of the molecule is CC=NC(CCC)[SiH](OCC)OCC. The Bertz CT molecular complexity index is 147. The molecular formula is C10H23NO2Si. The Labute approximate surface area is 89.4 Å². The van der Waals surface area contributed by atoms with Gasteiger partial charge in [-0.05, 0) is 33.4 Å². The average Bonchev–Trinajstić information content (AvgIpc) is 2.17. The highest BCUT2D eigenvalue weighted by molar-refractivity contribution is 6.46. The Kier molecular flexibility index (Phi) is 9.24. The van der Waals surface area contributed by atoms with Crippen LogP contribution in [-0.2, 0) is 8.85 Å². The molecule has 0 heterocycles. The van der Waals surface area contributed by atoms with Crippen LogP contribution in [-0.4, -0.2) is 34.4 Å². The molecule has 14 heavy (non-hydrogen) atoms. The topological polar surface area (TPSA) is 30.8 Å². The third-order valence-corrected chi connectivity index (χ3v) is 4.36. The number of nitrogens with zero attached hydrogens (tertiary/aromatic N) is 1. The van der Waals surface area contributed by atoms with Crippen molar-refractivity contribution in [3.05, 3.63) is 0 Å². The minimum Gasteiger partial charge on any atom is -0.396 e. The maximum atomic E-state index is 5.65. The van der Waals surface area contributed by atoms with Crippen LogP contribution in [0.15, 0.2) is 4.99 Å². The molecule has 84 valence electrons. The first kappa shape index (κ1) is 13.8. The van der Waals surface area contributed by atoms with Crippen molar-refractivity contribution in [2.24, 2.45) is 4.99 Å². The van der Waals surface area contributed by atoms with Crippen molar-refractivity contribution in [2.75, 3.05) is 13.2 Å². The fourth-order valence-corrected chi connectivity index (χ4v) is 3.48. The molecule has 0 aliphatic rings. The Balaban J connectivity index is 4.20. The molecule has 0 bridgehead atoms. The maximum absolute atomic E-state index is 5.65. The molecule has 1 unspecified atom stereocenters. The molecule has 0 aromatic rings. The van der Waals surface area contributed by atoms with Gasteiger partial charge in [0.2, 0.25) is 0 Å². The average molecular weight is 217 g/mol. The summed E-state index contributed by atoms with van der Waals surface area (Å²) in [5.74, 6) is 0.